The molecule has 2 fully saturated rings. The number of rotatable bonds is 5. The van der Waals surface area contributed by atoms with Crippen LogP contribution in [0.5, 0.6) is 0 Å². The summed E-state index contributed by atoms with van der Waals surface area (Å²) < 4.78 is 31.9. The Bertz CT molecular complexity index is 699. The van der Waals surface area contributed by atoms with E-state index in [0.717, 1.165) is 6.42 Å². The molecular formula is C17H25N3O4S. The lowest BCUT2D eigenvalue weighted by atomic mass is 10.1. The zero-order valence-electron chi connectivity index (χ0n) is 14.5. The molecule has 0 spiro atoms. The molecule has 0 aliphatic carbocycles. The molecule has 1 N–H and O–H groups in total. The fourth-order valence-corrected chi connectivity index (χ4v) is 4.82. The van der Waals surface area contributed by atoms with E-state index in [1.807, 2.05) is 4.90 Å². The molecule has 2 saturated heterocycles. The lowest BCUT2D eigenvalue weighted by Gasteiger charge is -2.26. The first-order chi connectivity index (χ1) is 12.0. The molecule has 0 radical (unpaired) electrons. The Hall–Kier alpha value is -1.48. The highest BCUT2D eigenvalue weighted by Gasteiger charge is 2.28. The Morgan fingerprint density at radius 2 is 1.88 bits per heavy atom. The van der Waals surface area contributed by atoms with E-state index in [0.29, 0.717) is 57.4 Å². The van der Waals surface area contributed by atoms with E-state index in [9.17, 15) is 13.2 Å². The summed E-state index contributed by atoms with van der Waals surface area (Å²) in [7, 11) is -1.82. The van der Waals surface area contributed by atoms with Crippen molar-refractivity contribution in [3.63, 3.8) is 0 Å². The quantitative estimate of drug-likeness (QED) is 0.814. The van der Waals surface area contributed by atoms with Crippen LogP contribution in [0.1, 0.15) is 16.8 Å². The summed E-state index contributed by atoms with van der Waals surface area (Å²) in [6, 6.07) is 6.29. The second kappa shape index (κ2) is 7.82. The van der Waals surface area contributed by atoms with Gasteiger partial charge < -0.3 is 15.0 Å². The molecule has 1 aromatic rings. The summed E-state index contributed by atoms with van der Waals surface area (Å²) in [6.07, 6.45) is 0.940. The lowest BCUT2D eigenvalue weighted by Crippen LogP contribution is -2.46. The second-order valence-corrected chi connectivity index (χ2v) is 8.48. The summed E-state index contributed by atoms with van der Waals surface area (Å²) >= 11 is 0. The van der Waals surface area contributed by atoms with Crippen LogP contribution in [0.15, 0.2) is 29.2 Å². The van der Waals surface area contributed by atoms with Gasteiger partial charge in [-0.1, -0.05) is 0 Å². The number of methoxy groups -OCH3 is 1. The van der Waals surface area contributed by atoms with Crippen LogP contribution in [-0.2, 0) is 14.8 Å². The van der Waals surface area contributed by atoms with E-state index in [4.69, 9.17) is 4.74 Å². The average Bonchev–Trinajstić information content (AvgIpc) is 3.11. The van der Waals surface area contributed by atoms with Crippen LogP contribution in [0, 0.1) is 5.92 Å². The average molecular weight is 367 g/mol. The van der Waals surface area contributed by atoms with Crippen molar-refractivity contribution in [2.75, 3.05) is 53.0 Å². The van der Waals surface area contributed by atoms with Crippen LogP contribution in [0.2, 0.25) is 0 Å². The van der Waals surface area contributed by atoms with Crippen LogP contribution < -0.4 is 5.32 Å². The number of piperazine rings is 1. The molecule has 1 amide bonds. The predicted octanol–water partition coefficient (Wildman–Crippen LogP) is 0.389. The van der Waals surface area contributed by atoms with E-state index in [-0.39, 0.29) is 10.8 Å². The number of ether oxygens (including phenoxy) is 1. The third kappa shape index (κ3) is 4.03. The largest absolute Gasteiger partial charge is 0.384 e. The van der Waals surface area contributed by atoms with Gasteiger partial charge in [-0.25, -0.2) is 8.42 Å². The molecule has 3 rings (SSSR count). The zero-order valence-corrected chi connectivity index (χ0v) is 15.3. The minimum Gasteiger partial charge on any atom is -0.384 e. The Labute approximate surface area is 149 Å². The molecule has 2 aliphatic rings. The number of likely N-dealkylation sites (tertiary alicyclic amines) is 1. The van der Waals surface area contributed by atoms with Crippen LogP contribution in [0.25, 0.3) is 0 Å². The summed E-state index contributed by atoms with van der Waals surface area (Å²) in [6.45, 7) is 4.32. The summed E-state index contributed by atoms with van der Waals surface area (Å²) in [4.78, 5) is 14.6. The number of nitrogens with zero attached hydrogens (tertiary/aromatic N) is 2. The van der Waals surface area contributed by atoms with Gasteiger partial charge in [-0.05, 0) is 30.7 Å². The topological polar surface area (TPSA) is 79.0 Å². The molecule has 25 heavy (non-hydrogen) atoms. The Balaban J connectivity index is 1.68. The molecule has 1 atom stereocenters. The number of hydrogen-bond donors (Lipinski definition) is 1. The smallest absolute Gasteiger partial charge is 0.253 e. The number of carbonyl (C=O) groups is 1. The first kappa shape index (κ1) is 18.3. The molecule has 2 aliphatic heterocycles. The first-order valence-corrected chi connectivity index (χ1v) is 10.1. The van der Waals surface area contributed by atoms with Crippen LogP contribution in [-0.4, -0.2) is 76.5 Å². The van der Waals surface area contributed by atoms with Crippen molar-refractivity contribution < 1.29 is 17.9 Å². The van der Waals surface area contributed by atoms with Crippen molar-refractivity contribution >= 4 is 15.9 Å². The molecule has 7 nitrogen and oxygen atoms in total. The molecule has 0 aromatic heterocycles. The SMILES string of the molecule is COC[C@@H]1CCN(C(=O)c2ccc(S(=O)(=O)N3CCNCC3)cc2)C1. The highest BCUT2D eigenvalue weighted by atomic mass is 32.2. The van der Waals surface area contributed by atoms with E-state index >= 15 is 0 Å². The van der Waals surface area contributed by atoms with Gasteiger partial charge in [0.25, 0.3) is 5.91 Å². The third-order valence-corrected chi connectivity index (χ3v) is 6.70. The minimum atomic E-state index is -3.49. The molecule has 2 heterocycles. The van der Waals surface area contributed by atoms with E-state index in [1.165, 1.54) is 16.4 Å². The minimum absolute atomic E-state index is 0.0512. The van der Waals surface area contributed by atoms with Crippen molar-refractivity contribution in [1.82, 2.24) is 14.5 Å². The lowest BCUT2D eigenvalue weighted by molar-refractivity contribution is 0.0775. The number of carbonyl (C=O) groups excluding carboxylic acids is 1. The predicted molar refractivity (Wildman–Crippen MR) is 94.0 cm³/mol. The van der Waals surface area contributed by atoms with E-state index in [2.05, 4.69) is 5.32 Å². The number of sulfonamides is 1. The van der Waals surface area contributed by atoms with E-state index in [1.54, 1.807) is 19.2 Å². The molecule has 138 valence electrons. The first-order valence-electron chi connectivity index (χ1n) is 8.61. The zero-order chi connectivity index (χ0) is 17.9. The van der Waals surface area contributed by atoms with Gasteiger partial charge in [-0.15, -0.1) is 0 Å². The maximum absolute atomic E-state index is 12.6. The van der Waals surface area contributed by atoms with Crippen LogP contribution in [0.3, 0.4) is 0 Å². The third-order valence-electron chi connectivity index (χ3n) is 4.79. The van der Waals surface area contributed by atoms with Gasteiger partial charge in [-0.3, -0.25) is 4.79 Å². The Kier molecular flexibility index (Phi) is 5.73. The van der Waals surface area contributed by atoms with E-state index < -0.39 is 10.0 Å². The standard InChI is InChI=1S/C17H25N3O4S/c1-24-13-14-6-9-19(12-14)17(21)15-2-4-16(5-3-15)25(22,23)20-10-7-18-8-11-20/h2-5,14,18H,6-13H2,1H3/t14-/m1/s1. The van der Waals surface area contributed by atoms with Crippen molar-refractivity contribution in [1.29, 1.82) is 0 Å². The van der Waals surface area contributed by atoms with Gasteiger partial charge in [-0.2, -0.15) is 4.31 Å². The highest BCUT2D eigenvalue weighted by molar-refractivity contribution is 7.89. The molecule has 1 aromatic carbocycles. The highest BCUT2D eigenvalue weighted by Crippen LogP contribution is 2.21. The van der Waals surface area contributed by atoms with Gasteiger partial charge >= 0.3 is 0 Å². The van der Waals surface area contributed by atoms with Gasteiger partial charge in [0.1, 0.15) is 0 Å². The van der Waals surface area contributed by atoms with Crippen LogP contribution >= 0.6 is 0 Å². The monoisotopic (exact) mass is 367 g/mol. The molecule has 0 bridgehead atoms. The van der Waals surface area contributed by atoms with Gasteiger partial charge in [0.15, 0.2) is 0 Å². The van der Waals surface area contributed by atoms with Crippen molar-refractivity contribution in [2.45, 2.75) is 11.3 Å². The number of nitrogens with one attached hydrogen (secondary N) is 1. The number of hydrogen-bond acceptors (Lipinski definition) is 5. The van der Waals surface area contributed by atoms with Gasteiger partial charge in [0.05, 0.1) is 11.5 Å². The van der Waals surface area contributed by atoms with Crippen molar-refractivity contribution in [3.8, 4) is 0 Å². The molecule has 8 heteroatoms. The molecule has 0 unspecified atom stereocenters. The van der Waals surface area contributed by atoms with Crippen molar-refractivity contribution in [2.24, 2.45) is 5.92 Å². The van der Waals surface area contributed by atoms with Gasteiger partial charge in [0, 0.05) is 57.9 Å². The fourth-order valence-electron chi connectivity index (χ4n) is 3.37. The van der Waals surface area contributed by atoms with Crippen LogP contribution in [0.4, 0.5) is 0 Å². The number of amides is 1. The second-order valence-electron chi connectivity index (χ2n) is 6.54. The summed E-state index contributed by atoms with van der Waals surface area (Å²) in [5.74, 6) is 0.325. The Morgan fingerprint density at radius 3 is 2.52 bits per heavy atom. The Morgan fingerprint density at radius 1 is 1.20 bits per heavy atom. The molecular weight excluding hydrogens is 342 g/mol. The number of benzene rings is 1. The normalized spacial score (nSPS) is 22.3. The maximum Gasteiger partial charge on any atom is 0.253 e. The van der Waals surface area contributed by atoms with Gasteiger partial charge in [0.2, 0.25) is 10.0 Å². The summed E-state index contributed by atoms with van der Waals surface area (Å²) in [5, 5.41) is 3.14. The molecule has 0 saturated carbocycles. The summed E-state index contributed by atoms with van der Waals surface area (Å²) in [5.41, 5.74) is 0.525. The maximum atomic E-state index is 12.6. The fraction of sp³-hybridized carbons (Fsp3) is 0.588. The van der Waals surface area contributed by atoms with Crippen molar-refractivity contribution in [3.05, 3.63) is 29.8 Å².